The summed E-state index contributed by atoms with van der Waals surface area (Å²) in [4.78, 5) is 18.2. The second kappa shape index (κ2) is 12.3. The Bertz CT molecular complexity index is 1480. The molecule has 1 aromatic rings. The van der Waals surface area contributed by atoms with Gasteiger partial charge in [0.2, 0.25) is 0 Å². The Labute approximate surface area is 296 Å². The first-order valence-corrected chi connectivity index (χ1v) is 19.3. The molecule has 0 unspecified atom stereocenters. The Morgan fingerprint density at radius 2 is 1.86 bits per heavy atom. The van der Waals surface area contributed by atoms with Crippen molar-refractivity contribution in [2.24, 2.45) is 68.3 Å². The van der Waals surface area contributed by atoms with Gasteiger partial charge in [-0.05, 0) is 110 Å². The predicted octanol–water partition coefficient (Wildman–Crippen LogP) is 8.20. The number of carbonyl (C=O) groups is 1. The number of nitrogens with two attached hydrogens (primary N) is 1. The molecule has 1 aliphatic heterocycles. The smallest absolute Gasteiger partial charge is 0.307 e. The van der Waals surface area contributed by atoms with Gasteiger partial charge in [0.25, 0.3) is 0 Å². The van der Waals surface area contributed by atoms with Crippen LogP contribution in [-0.4, -0.2) is 57.3 Å². The Morgan fingerprint density at radius 1 is 1.14 bits per heavy atom. The lowest BCUT2D eigenvalue weighted by molar-refractivity contribution is -0.254. The second-order valence-electron chi connectivity index (χ2n) is 19.1. The van der Waals surface area contributed by atoms with Crippen LogP contribution < -0.4 is 5.73 Å². The van der Waals surface area contributed by atoms with Crippen molar-refractivity contribution in [2.75, 3.05) is 19.8 Å². The molecule has 8 heteroatoms. The van der Waals surface area contributed by atoms with E-state index in [1.807, 2.05) is 19.1 Å². The number of aromatic nitrogens is 3. The second-order valence-corrected chi connectivity index (χ2v) is 19.1. The SMILES string of the molecule is CC=Cc1ncnn1[C@@H]1C[C@]2(C)COC[C@@]3(C4=CC[C@@]5(C)[C@H](C(=O)O)[C@@](C)([C@H](C)C(C)C)CC[C@]5(C)[C@H]4CC[C@H]23)[C@H]1OC[C@](C)(N)C(C)C. The maximum absolute atomic E-state index is 13.6. The van der Waals surface area contributed by atoms with Gasteiger partial charge in [-0.3, -0.25) is 4.79 Å². The molecular weight excluding hydrogens is 612 g/mol. The number of ether oxygens (including phenoxy) is 2. The zero-order chi connectivity index (χ0) is 35.9. The minimum absolute atomic E-state index is 0.0455. The molecule has 8 nitrogen and oxygen atoms in total. The van der Waals surface area contributed by atoms with Gasteiger partial charge in [-0.25, -0.2) is 9.67 Å². The first-order chi connectivity index (χ1) is 22.8. The van der Waals surface area contributed by atoms with Crippen molar-refractivity contribution in [3.63, 3.8) is 0 Å². The minimum Gasteiger partial charge on any atom is -0.481 e. The number of allylic oxidation sites excluding steroid dienone is 2. The molecule has 3 N–H and O–H groups in total. The first kappa shape index (κ1) is 36.8. The highest BCUT2D eigenvalue weighted by molar-refractivity contribution is 5.73. The van der Waals surface area contributed by atoms with Gasteiger partial charge in [0, 0.05) is 11.0 Å². The normalized spacial score (nSPS) is 43.8. The summed E-state index contributed by atoms with van der Waals surface area (Å²) in [5.74, 6) is 1.39. The van der Waals surface area contributed by atoms with E-state index in [-0.39, 0.29) is 51.1 Å². The number of hydrogen-bond donors (Lipinski definition) is 2. The molecule has 4 fully saturated rings. The van der Waals surface area contributed by atoms with E-state index < -0.39 is 17.4 Å². The van der Waals surface area contributed by atoms with Crippen LogP contribution in [0.15, 0.2) is 24.1 Å². The van der Waals surface area contributed by atoms with E-state index in [4.69, 9.17) is 20.3 Å². The maximum atomic E-state index is 13.6. The highest BCUT2D eigenvalue weighted by Crippen LogP contribution is 2.75. The third-order valence-electron chi connectivity index (χ3n) is 16.1. The summed E-state index contributed by atoms with van der Waals surface area (Å²) in [5, 5.41) is 16.0. The minimum atomic E-state index is -0.627. The van der Waals surface area contributed by atoms with Crippen molar-refractivity contribution in [1.29, 1.82) is 0 Å². The molecule has 5 aliphatic rings. The molecule has 2 heterocycles. The molecule has 6 rings (SSSR count). The third-order valence-corrected chi connectivity index (χ3v) is 16.1. The summed E-state index contributed by atoms with van der Waals surface area (Å²) in [5.41, 5.74) is 6.62. The van der Waals surface area contributed by atoms with Gasteiger partial charge in [-0.1, -0.05) is 80.0 Å². The van der Waals surface area contributed by atoms with Gasteiger partial charge in [0.15, 0.2) is 5.82 Å². The zero-order valence-corrected chi connectivity index (χ0v) is 32.4. The molecule has 12 atom stereocenters. The summed E-state index contributed by atoms with van der Waals surface area (Å²) in [6, 6.07) is -0.0455. The fourth-order valence-electron chi connectivity index (χ4n) is 12.3. The summed E-state index contributed by atoms with van der Waals surface area (Å²) < 4.78 is 16.2. The summed E-state index contributed by atoms with van der Waals surface area (Å²) in [6.07, 6.45) is 13.8. The van der Waals surface area contributed by atoms with Gasteiger partial charge in [0.1, 0.15) is 6.33 Å². The summed E-state index contributed by atoms with van der Waals surface area (Å²) >= 11 is 0. The van der Waals surface area contributed by atoms with Crippen LogP contribution in [-0.2, 0) is 14.3 Å². The van der Waals surface area contributed by atoms with Crippen LogP contribution in [0.5, 0.6) is 0 Å². The molecule has 0 radical (unpaired) electrons. The molecule has 0 amide bonds. The van der Waals surface area contributed by atoms with Crippen molar-refractivity contribution < 1.29 is 19.4 Å². The fourth-order valence-corrected chi connectivity index (χ4v) is 12.3. The molecule has 4 aliphatic carbocycles. The lowest BCUT2D eigenvalue weighted by Gasteiger charge is -2.71. The van der Waals surface area contributed by atoms with Crippen molar-refractivity contribution in [1.82, 2.24) is 14.8 Å². The van der Waals surface area contributed by atoms with Gasteiger partial charge in [0.05, 0.1) is 37.9 Å². The van der Waals surface area contributed by atoms with Gasteiger partial charge < -0.3 is 20.3 Å². The van der Waals surface area contributed by atoms with Crippen molar-refractivity contribution in [3.05, 3.63) is 29.9 Å². The van der Waals surface area contributed by atoms with Crippen molar-refractivity contribution >= 4 is 12.0 Å². The number of rotatable bonds is 9. The molecule has 2 bridgehead atoms. The topological polar surface area (TPSA) is 112 Å². The maximum Gasteiger partial charge on any atom is 0.307 e. The summed E-state index contributed by atoms with van der Waals surface area (Å²) in [7, 11) is 0. The van der Waals surface area contributed by atoms with E-state index in [1.54, 1.807) is 6.33 Å². The molecular formula is C41H66N4O4. The van der Waals surface area contributed by atoms with E-state index >= 15 is 0 Å². The molecule has 1 aromatic heterocycles. The van der Waals surface area contributed by atoms with Crippen LogP contribution in [0.4, 0.5) is 0 Å². The lowest BCUT2D eigenvalue weighted by Crippen LogP contribution is -2.70. The zero-order valence-electron chi connectivity index (χ0n) is 32.4. The Hall–Kier alpha value is -2.03. The number of fused-ring (bicyclic) bond motifs is 3. The number of carboxylic acid groups (broad SMARTS) is 1. The number of nitrogens with zero attached hydrogens (tertiary/aromatic N) is 3. The number of carboxylic acids is 1. The molecule has 0 aromatic carbocycles. The molecule has 274 valence electrons. The molecule has 49 heavy (non-hydrogen) atoms. The van der Waals surface area contributed by atoms with Crippen LogP contribution in [0.2, 0.25) is 0 Å². The largest absolute Gasteiger partial charge is 0.481 e. The van der Waals surface area contributed by atoms with Crippen LogP contribution in [0, 0.1) is 62.6 Å². The van der Waals surface area contributed by atoms with E-state index in [1.165, 1.54) is 5.57 Å². The highest BCUT2D eigenvalue weighted by atomic mass is 16.5. The van der Waals surface area contributed by atoms with E-state index in [2.05, 4.69) is 85.0 Å². The average molecular weight is 679 g/mol. The van der Waals surface area contributed by atoms with Gasteiger partial charge in [-0.15, -0.1) is 0 Å². The first-order valence-electron chi connectivity index (χ1n) is 19.3. The van der Waals surface area contributed by atoms with Crippen LogP contribution in [0.25, 0.3) is 6.08 Å². The van der Waals surface area contributed by atoms with E-state index in [0.29, 0.717) is 31.0 Å². The Balaban J connectivity index is 1.53. The molecule has 0 spiro atoms. The lowest BCUT2D eigenvalue weighted by atomic mass is 9.34. The van der Waals surface area contributed by atoms with Crippen molar-refractivity contribution in [3.8, 4) is 0 Å². The number of hydrogen-bond acceptors (Lipinski definition) is 6. The molecule has 3 saturated carbocycles. The fraction of sp³-hybridized carbons (Fsp3) is 0.829. The quantitative estimate of drug-likeness (QED) is 0.253. The summed E-state index contributed by atoms with van der Waals surface area (Å²) in [6.45, 7) is 26.5. The Morgan fingerprint density at radius 3 is 2.49 bits per heavy atom. The van der Waals surface area contributed by atoms with Crippen LogP contribution >= 0.6 is 0 Å². The highest BCUT2D eigenvalue weighted by Gasteiger charge is 2.72. The standard InChI is InChI=1S/C41H66N4O4/c1-12-13-32-43-24-44-45(32)30-20-36(7)21-48-23-41(34(30)49-22-40(11,42)26(4)5)29-16-17-39(10)33(35(46)47)37(8,27(6)25(2)3)18-19-38(39,9)28(29)14-15-31(36)41/h12-13,16,24-28,30-31,33-34H,14-15,17-23,42H2,1-11H3,(H,46,47)/t27-,28+,30-,31-,33-,34+,36-,37-,38-,39+,40+,41+/m1/s1. The Kier molecular flexibility index (Phi) is 9.22. The van der Waals surface area contributed by atoms with E-state index in [9.17, 15) is 9.90 Å². The average Bonchev–Trinajstić information content (AvgIpc) is 3.48. The van der Waals surface area contributed by atoms with Gasteiger partial charge in [-0.2, -0.15) is 5.10 Å². The molecule has 1 saturated heterocycles. The monoisotopic (exact) mass is 679 g/mol. The van der Waals surface area contributed by atoms with Crippen LogP contribution in [0.1, 0.15) is 127 Å². The third kappa shape index (κ3) is 5.18. The van der Waals surface area contributed by atoms with Crippen molar-refractivity contribution in [2.45, 2.75) is 132 Å². The number of aliphatic carboxylic acids is 1. The predicted molar refractivity (Wildman–Crippen MR) is 195 cm³/mol. The van der Waals surface area contributed by atoms with E-state index in [0.717, 1.165) is 51.0 Å². The van der Waals surface area contributed by atoms with Crippen LogP contribution in [0.3, 0.4) is 0 Å². The van der Waals surface area contributed by atoms with Gasteiger partial charge >= 0.3 is 5.97 Å².